The first-order valence-corrected chi connectivity index (χ1v) is 7.06. The lowest BCUT2D eigenvalue weighted by molar-refractivity contribution is 0.423. The monoisotopic (exact) mass is 279 g/mol. The molecular formula is C12H14FN5S. The highest BCUT2D eigenvalue weighted by Gasteiger charge is 2.22. The number of benzene rings is 1. The van der Waals surface area contributed by atoms with Gasteiger partial charge in [-0.15, -0.1) is 5.10 Å². The highest BCUT2D eigenvalue weighted by Crippen LogP contribution is 2.34. The van der Waals surface area contributed by atoms with Gasteiger partial charge in [0.05, 0.1) is 6.04 Å². The van der Waals surface area contributed by atoms with E-state index in [1.165, 1.54) is 36.7 Å². The molecule has 1 aliphatic carbocycles. The summed E-state index contributed by atoms with van der Waals surface area (Å²) >= 11 is 1.34. The van der Waals surface area contributed by atoms with Crippen LogP contribution in [0.15, 0.2) is 28.3 Å². The van der Waals surface area contributed by atoms with Crippen LogP contribution in [0.5, 0.6) is 0 Å². The van der Waals surface area contributed by atoms with Gasteiger partial charge in [0, 0.05) is 10.6 Å². The van der Waals surface area contributed by atoms with E-state index in [0.29, 0.717) is 21.8 Å². The summed E-state index contributed by atoms with van der Waals surface area (Å²) in [7, 11) is 0. The number of rotatable bonds is 3. The molecule has 2 aromatic rings. The van der Waals surface area contributed by atoms with E-state index in [-0.39, 0.29) is 5.82 Å². The number of nitrogen functional groups attached to an aromatic ring is 1. The maximum Gasteiger partial charge on any atom is 0.214 e. The molecule has 0 atom stereocenters. The number of tetrazole rings is 1. The van der Waals surface area contributed by atoms with Crippen LogP contribution in [-0.4, -0.2) is 20.2 Å². The van der Waals surface area contributed by atoms with Crippen molar-refractivity contribution in [3.8, 4) is 0 Å². The van der Waals surface area contributed by atoms with Crippen LogP contribution in [0.1, 0.15) is 31.7 Å². The van der Waals surface area contributed by atoms with Gasteiger partial charge in [-0.25, -0.2) is 9.07 Å². The molecule has 100 valence electrons. The number of aromatic nitrogens is 4. The molecule has 3 rings (SSSR count). The molecule has 7 heteroatoms. The zero-order valence-electron chi connectivity index (χ0n) is 10.3. The van der Waals surface area contributed by atoms with Crippen molar-refractivity contribution in [1.82, 2.24) is 20.2 Å². The van der Waals surface area contributed by atoms with Crippen LogP contribution in [-0.2, 0) is 0 Å². The lowest BCUT2D eigenvalue weighted by Gasteiger charge is -2.10. The van der Waals surface area contributed by atoms with Crippen molar-refractivity contribution in [2.24, 2.45) is 0 Å². The molecule has 0 radical (unpaired) electrons. The highest BCUT2D eigenvalue weighted by molar-refractivity contribution is 7.99. The quantitative estimate of drug-likeness (QED) is 0.875. The number of nitrogens with two attached hydrogens (primary N) is 1. The topological polar surface area (TPSA) is 69.6 Å². The maximum atomic E-state index is 13.3. The summed E-state index contributed by atoms with van der Waals surface area (Å²) in [6.07, 6.45) is 4.62. The molecule has 1 aromatic heterocycles. The van der Waals surface area contributed by atoms with Crippen molar-refractivity contribution in [3.05, 3.63) is 24.0 Å². The van der Waals surface area contributed by atoms with Crippen LogP contribution in [0.25, 0.3) is 0 Å². The number of anilines is 1. The SMILES string of the molecule is Nc1cc(F)cc(Sc2nnnn2C2CCCC2)c1. The Labute approximate surface area is 114 Å². The first-order chi connectivity index (χ1) is 9.22. The third kappa shape index (κ3) is 2.70. The number of nitrogens with zero attached hydrogens (tertiary/aromatic N) is 4. The highest BCUT2D eigenvalue weighted by atomic mass is 32.2. The number of hydrogen-bond donors (Lipinski definition) is 1. The van der Waals surface area contributed by atoms with E-state index in [1.807, 2.05) is 4.68 Å². The van der Waals surface area contributed by atoms with Gasteiger partial charge >= 0.3 is 0 Å². The average Bonchev–Trinajstić information content (AvgIpc) is 2.96. The molecule has 1 saturated carbocycles. The van der Waals surface area contributed by atoms with Gasteiger partial charge in [0.25, 0.3) is 0 Å². The minimum Gasteiger partial charge on any atom is -0.399 e. The van der Waals surface area contributed by atoms with Crippen LogP contribution in [0, 0.1) is 5.82 Å². The normalized spacial score (nSPS) is 16.1. The predicted molar refractivity (Wildman–Crippen MR) is 70.3 cm³/mol. The second-order valence-corrected chi connectivity index (χ2v) is 5.71. The van der Waals surface area contributed by atoms with Gasteiger partial charge in [-0.2, -0.15) is 0 Å². The molecule has 0 saturated heterocycles. The second-order valence-electron chi connectivity index (χ2n) is 4.67. The zero-order chi connectivity index (χ0) is 13.2. The van der Waals surface area contributed by atoms with Gasteiger partial charge in [-0.1, -0.05) is 12.8 Å². The molecule has 1 aromatic carbocycles. The summed E-state index contributed by atoms with van der Waals surface area (Å²) in [6, 6.07) is 4.82. The minimum absolute atomic E-state index is 0.345. The van der Waals surface area contributed by atoms with Gasteiger partial charge in [0.1, 0.15) is 5.82 Å². The van der Waals surface area contributed by atoms with Crippen LogP contribution in [0.2, 0.25) is 0 Å². The van der Waals surface area contributed by atoms with Crippen molar-refractivity contribution in [2.75, 3.05) is 5.73 Å². The molecule has 1 heterocycles. The fourth-order valence-corrected chi connectivity index (χ4v) is 3.31. The molecule has 1 fully saturated rings. The van der Waals surface area contributed by atoms with E-state index in [9.17, 15) is 4.39 Å². The Bertz CT molecular complexity index is 559. The largest absolute Gasteiger partial charge is 0.399 e. The summed E-state index contributed by atoms with van der Waals surface area (Å²) in [4.78, 5) is 0.714. The molecule has 2 N–H and O–H groups in total. The van der Waals surface area contributed by atoms with Crippen LogP contribution < -0.4 is 5.73 Å². The van der Waals surface area contributed by atoms with Crippen molar-refractivity contribution in [2.45, 2.75) is 41.8 Å². The third-order valence-electron chi connectivity index (χ3n) is 3.24. The van der Waals surface area contributed by atoms with Crippen LogP contribution in [0.3, 0.4) is 0 Å². The van der Waals surface area contributed by atoms with Gasteiger partial charge < -0.3 is 5.73 Å². The summed E-state index contributed by atoms with van der Waals surface area (Å²) in [6.45, 7) is 0. The standard InChI is InChI=1S/C12H14FN5S/c13-8-5-9(14)7-11(6-8)19-12-15-16-17-18(12)10-3-1-2-4-10/h5-7,10H,1-4,14H2. The zero-order valence-corrected chi connectivity index (χ0v) is 11.1. The fraction of sp³-hybridized carbons (Fsp3) is 0.417. The Morgan fingerprint density at radius 1 is 1.26 bits per heavy atom. The van der Waals surface area contributed by atoms with Crippen molar-refractivity contribution in [3.63, 3.8) is 0 Å². The lowest BCUT2D eigenvalue weighted by atomic mass is 10.3. The molecular weight excluding hydrogens is 265 g/mol. The van der Waals surface area contributed by atoms with E-state index < -0.39 is 0 Å². The summed E-state index contributed by atoms with van der Waals surface area (Å²) in [5, 5.41) is 12.5. The number of halogens is 1. The predicted octanol–water partition coefficient (Wildman–Crippen LogP) is 2.66. The smallest absolute Gasteiger partial charge is 0.214 e. The molecule has 1 aliphatic rings. The first kappa shape index (κ1) is 12.4. The van der Waals surface area contributed by atoms with E-state index in [2.05, 4.69) is 15.5 Å². The van der Waals surface area contributed by atoms with Crippen molar-refractivity contribution < 1.29 is 4.39 Å². The van der Waals surface area contributed by atoms with Gasteiger partial charge in [0.2, 0.25) is 5.16 Å². The Kier molecular flexibility index (Phi) is 3.37. The Morgan fingerprint density at radius 2 is 2.05 bits per heavy atom. The summed E-state index contributed by atoms with van der Waals surface area (Å²) in [5.74, 6) is -0.345. The van der Waals surface area contributed by atoms with E-state index in [1.54, 1.807) is 6.07 Å². The summed E-state index contributed by atoms with van der Waals surface area (Å²) in [5.41, 5.74) is 6.04. The van der Waals surface area contributed by atoms with Gasteiger partial charge in [-0.3, -0.25) is 0 Å². The molecule has 0 aliphatic heterocycles. The van der Waals surface area contributed by atoms with Crippen LogP contribution >= 0.6 is 11.8 Å². The Morgan fingerprint density at radius 3 is 2.79 bits per heavy atom. The second kappa shape index (κ2) is 5.16. The maximum absolute atomic E-state index is 13.3. The number of hydrogen-bond acceptors (Lipinski definition) is 5. The molecule has 19 heavy (non-hydrogen) atoms. The lowest BCUT2D eigenvalue weighted by Crippen LogP contribution is -2.08. The molecule has 0 spiro atoms. The van der Waals surface area contributed by atoms with E-state index in [0.717, 1.165) is 12.8 Å². The van der Waals surface area contributed by atoms with Gasteiger partial charge in [0.15, 0.2) is 0 Å². The third-order valence-corrected chi connectivity index (χ3v) is 4.16. The molecule has 5 nitrogen and oxygen atoms in total. The Hall–Kier alpha value is -1.63. The summed E-state index contributed by atoms with van der Waals surface area (Å²) < 4.78 is 15.2. The fourth-order valence-electron chi connectivity index (χ4n) is 2.38. The molecule has 0 unspecified atom stereocenters. The average molecular weight is 279 g/mol. The first-order valence-electron chi connectivity index (χ1n) is 6.24. The van der Waals surface area contributed by atoms with E-state index >= 15 is 0 Å². The minimum atomic E-state index is -0.345. The van der Waals surface area contributed by atoms with Crippen molar-refractivity contribution >= 4 is 17.4 Å². The molecule has 0 bridgehead atoms. The van der Waals surface area contributed by atoms with Crippen molar-refractivity contribution in [1.29, 1.82) is 0 Å². The Balaban J connectivity index is 1.85. The van der Waals surface area contributed by atoms with Gasteiger partial charge in [-0.05, 0) is 53.2 Å². The van der Waals surface area contributed by atoms with E-state index in [4.69, 9.17) is 5.73 Å². The molecule has 0 amide bonds. The van der Waals surface area contributed by atoms with Crippen LogP contribution in [0.4, 0.5) is 10.1 Å².